The fourth-order valence-electron chi connectivity index (χ4n) is 6.31. The van der Waals surface area contributed by atoms with Crippen LogP contribution in [-0.2, 0) is 17.7 Å². The number of aryl methyl sites for hydroxylation is 1. The zero-order valence-electron chi connectivity index (χ0n) is 21.5. The maximum absolute atomic E-state index is 12.5. The Morgan fingerprint density at radius 1 is 1.17 bits per heavy atom. The number of nitrogens with zero attached hydrogens (tertiary/aromatic N) is 6. The number of ether oxygens (including phenoxy) is 1. The Balaban J connectivity index is 1.17. The molecule has 1 N–H and O–H groups in total. The maximum atomic E-state index is 12.5. The summed E-state index contributed by atoms with van der Waals surface area (Å²) < 4.78 is 5.54. The van der Waals surface area contributed by atoms with Crippen molar-refractivity contribution in [3.8, 4) is 0 Å². The summed E-state index contributed by atoms with van der Waals surface area (Å²) in [5.74, 6) is 1.82. The molecular weight excluding hydrogens is 454 g/mol. The van der Waals surface area contributed by atoms with Crippen molar-refractivity contribution in [3.63, 3.8) is 0 Å². The Morgan fingerprint density at radius 3 is 2.92 bits per heavy atom. The number of anilines is 2. The number of alkyl carbamates (subject to hydrolysis) is 1. The zero-order chi connectivity index (χ0) is 24.9. The van der Waals surface area contributed by atoms with Crippen LogP contribution in [0.2, 0.25) is 0 Å². The van der Waals surface area contributed by atoms with Crippen LogP contribution in [0, 0.1) is 5.41 Å². The molecule has 0 aromatic carbocycles. The van der Waals surface area contributed by atoms with Gasteiger partial charge < -0.3 is 19.9 Å². The maximum Gasteiger partial charge on any atom is 0.407 e. The number of nitrogens with one attached hydrogen (secondary N) is 1. The lowest BCUT2D eigenvalue weighted by Gasteiger charge is -2.33. The molecule has 0 bridgehead atoms. The van der Waals surface area contributed by atoms with E-state index in [2.05, 4.69) is 26.2 Å². The molecule has 190 valence electrons. The van der Waals surface area contributed by atoms with E-state index in [1.165, 1.54) is 0 Å². The first kappa shape index (κ1) is 23.2. The topological polar surface area (TPSA) is 95.8 Å². The largest absolute Gasteiger partial charge is 0.444 e. The van der Waals surface area contributed by atoms with Crippen LogP contribution in [-0.4, -0.2) is 58.2 Å². The molecule has 3 aliphatic heterocycles. The highest BCUT2D eigenvalue weighted by molar-refractivity contribution is 6.11. The average molecular weight is 490 g/mol. The normalized spacial score (nSPS) is 25.1. The molecule has 1 saturated carbocycles. The number of pyridine rings is 1. The Labute approximate surface area is 212 Å². The molecule has 2 aromatic heterocycles. The highest BCUT2D eigenvalue weighted by Gasteiger charge is 2.49. The summed E-state index contributed by atoms with van der Waals surface area (Å²) in [5.41, 5.74) is 3.64. The number of carbonyl (C=O) groups excluding carboxylic acids is 1. The van der Waals surface area contributed by atoms with Crippen molar-refractivity contribution < 1.29 is 9.53 Å². The molecule has 1 aliphatic carbocycles. The number of amides is 1. The van der Waals surface area contributed by atoms with Gasteiger partial charge in [-0.25, -0.2) is 14.8 Å². The van der Waals surface area contributed by atoms with Crippen molar-refractivity contribution >= 4 is 23.4 Å². The molecule has 5 heterocycles. The summed E-state index contributed by atoms with van der Waals surface area (Å²) in [6.45, 7) is 8.96. The molecule has 36 heavy (non-hydrogen) atoms. The van der Waals surface area contributed by atoms with E-state index in [0.717, 1.165) is 92.6 Å². The predicted molar refractivity (Wildman–Crippen MR) is 138 cm³/mol. The standard InChI is InChI=1S/C27H35N7O2/c1-26(2,3)36-25(35)32-21-9-4-10-27(21)11-14-33(17-27)22-16-29-23-19(31-22)15-30-24(23)34-13-6-7-18-20(34)8-5-12-28-18/h5,8,12,16,21H,4,6-7,9-11,13-15,17H2,1-3H3,(H,32,35)/t21-,27-/m0/s1. The molecule has 9 heteroatoms. The first-order valence-corrected chi connectivity index (χ1v) is 13.2. The molecule has 0 unspecified atom stereocenters. The van der Waals surface area contributed by atoms with E-state index in [4.69, 9.17) is 19.7 Å². The average Bonchev–Trinajstić information content (AvgIpc) is 3.57. The highest BCUT2D eigenvalue weighted by atomic mass is 16.6. The SMILES string of the molecule is CC(C)(C)OC(=O)N[C@H]1CCC[C@@]12CCN(c1cnc3c(n1)CN=C3N1CCCc3ncccc31)C2. The molecule has 2 atom stereocenters. The van der Waals surface area contributed by atoms with Crippen LogP contribution < -0.4 is 15.1 Å². The second-order valence-corrected chi connectivity index (χ2v) is 11.5. The minimum Gasteiger partial charge on any atom is -0.444 e. The van der Waals surface area contributed by atoms with Crippen LogP contribution in [0.1, 0.15) is 70.0 Å². The summed E-state index contributed by atoms with van der Waals surface area (Å²) >= 11 is 0. The lowest BCUT2D eigenvalue weighted by molar-refractivity contribution is 0.0467. The molecule has 2 aromatic rings. The molecule has 1 spiro atoms. The zero-order valence-corrected chi connectivity index (χ0v) is 21.5. The van der Waals surface area contributed by atoms with Crippen molar-refractivity contribution in [1.29, 1.82) is 0 Å². The van der Waals surface area contributed by atoms with Gasteiger partial charge >= 0.3 is 6.09 Å². The fraction of sp³-hybridized carbons (Fsp3) is 0.593. The quantitative estimate of drug-likeness (QED) is 0.684. The van der Waals surface area contributed by atoms with Crippen LogP contribution in [0.25, 0.3) is 0 Å². The number of amidine groups is 1. The Morgan fingerprint density at radius 2 is 2.06 bits per heavy atom. The third kappa shape index (κ3) is 4.18. The van der Waals surface area contributed by atoms with E-state index in [1.807, 2.05) is 39.2 Å². The van der Waals surface area contributed by atoms with Gasteiger partial charge in [-0.05, 0) is 65.0 Å². The summed E-state index contributed by atoms with van der Waals surface area (Å²) in [5, 5.41) is 3.18. The Bertz CT molecular complexity index is 1210. The minimum atomic E-state index is -0.495. The van der Waals surface area contributed by atoms with E-state index >= 15 is 0 Å². The van der Waals surface area contributed by atoms with Gasteiger partial charge in [0.15, 0.2) is 5.84 Å². The second-order valence-electron chi connectivity index (χ2n) is 11.5. The van der Waals surface area contributed by atoms with Crippen LogP contribution in [0.3, 0.4) is 0 Å². The summed E-state index contributed by atoms with van der Waals surface area (Å²) in [6, 6.07) is 4.23. The molecule has 0 radical (unpaired) electrons. The smallest absolute Gasteiger partial charge is 0.407 e. The van der Waals surface area contributed by atoms with Gasteiger partial charge in [0, 0.05) is 37.3 Å². The van der Waals surface area contributed by atoms with Crippen LogP contribution in [0.5, 0.6) is 0 Å². The number of hydrogen-bond donors (Lipinski definition) is 1. The van der Waals surface area contributed by atoms with E-state index in [9.17, 15) is 4.79 Å². The summed E-state index contributed by atoms with van der Waals surface area (Å²) in [7, 11) is 0. The second kappa shape index (κ2) is 8.71. The third-order valence-electron chi connectivity index (χ3n) is 7.94. The van der Waals surface area contributed by atoms with Crippen LogP contribution in [0.15, 0.2) is 29.5 Å². The minimum absolute atomic E-state index is 0.0593. The van der Waals surface area contributed by atoms with Gasteiger partial charge in [-0.2, -0.15) is 0 Å². The highest BCUT2D eigenvalue weighted by Crippen LogP contribution is 2.46. The molecular formula is C27H35N7O2. The van der Waals surface area contributed by atoms with Gasteiger partial charge in [0.25, 0.3) is 0 Å². The fourth-order valence-corrected chi connectivity index (χ4v) is 6.31. The van der Waals surface area contributed by atoms with Crippen molar-refractivity contribution in [1.82, 2.24) is 20.3 Å². The van der Waals surface area contributed by atoms with E-state index in [1.54, 1.807) is 0 Å². The van der Waals surface area contributed by atoms with Gasteiger partial charge in [0.05, 0.1) is 29.8 Å². The van der Waals surface area contributed by atoms with Gasteiger partial charge in [0.1, 0.15) is 17.1 Å². The third-order valence-corrected chi connectivity index (χ3v) is 7.94. The van der Waals surface area contributed by atoms with E-state index < -0.39 is 5.60 Å². The monoisotopic (exact) mass is 489 g/mol. The molecule has 1 amide bonds. The first-order chi connectivity index (χ1) is 17.3. The van der Waals surface area contributed by atoms with Crippen molar-refractivity contribution in [2.45, 2.75) is 77.5 Å². The molecule has 2 fully saturated rings. The van der Waals surface area contributed by atoms with E-state index in [0.29, 0.717) is 6.54 Å². The van der Waals surface area contributed by atoms with Crippen molar-refractivity contribution in [2.24, 2.45) is 10.4 Å². The van der Waals surface area contributed by atoms with Crippen molar-refractivity contribution in [3.05, 3.63) is 41.6 Å². The van der Waals surface area contributed by atoms with Gasteiger partial charge in [0.2, 0.25) is 0 Å². The molecule has 4 aliphatic rings. The molecule has 1 saturated heterocycles. The summed E-state index contributed by atoms with van der Waals surface area (Å²) in [4.78, 5) is 36.4. The van der Waals surface area contributed by atoms with Crippen LogP contribution >= 0.6 is 0 Å². The number of rotatable bonds is 2. The lowest BCUT2D eigenvalue weighted by Crippen LogP contribution is -2.47. The van der Waals surface area contributed by atoms with Gasteiger partial charge in [-0.15, -0.1) is 0 Å². The molecule has 6 rings (SSSR count). The predicted octanol–water partition coefficient (Wildman–Crippen LogP) is 3.86. The number of fused-ring (bicyclic) bond motifs is 2. The number of aliphatic imine (C=N–C) groups is 1. The van der Waals surface area contributed by atoms with E-state index in [-0.39, 0.29) is 17.6 Å². The Kier molecular flexibility index (Phi) is 5.61. The first-order valence-electron chi connectivity index (χ1n) is 13.2. The van der Waals surface area contributed by atoms with Crippen molar-refractivity contribution in [2.75, 3.05) is 29.4 Å². The Hall–Kier alpha value is -3.23. The van der Waals surface area contributed by atoms with Gasteiger partial charge in [-0.1, -0.05) is 6.42 Å². The summed E-state index contributed by atoms with van der Waals surface area (Å²) in [6.07, 6.45) is 9.75. The number of hydrogen-bond acceptors (Lipinski definition) is 8. The number of carbonyl (C=O) groups is 1. The number of aromatic nitrogens is 3. The molecule has 9 nitrogen and oxygen atoms in total. The van der Waals surface area contributed by atoms with Crippen LogP contribution in [0.4, 0.5) is 16.3 Å². The van der Waals surface area contributed by atoms with Gasteiger partial charge in [-0.3, -0.25) is 9.98 Å². The lowest BCUT2D eigenvalue weighted by atomic mass is 9.81.